The van der Waals surface area contributed by atoms with Gasteiger partial charge in [-0.15, -0.1) is 0 Å². The molecule has 0 aliphatic heterocycles. The third-order valence-corrected chi connectivity index (χ3v) is 3.38. The molecule has 0 amide bonds. The number of hydrogen-bond donors (Lipinski definition) is 3. The van der Waals surface area contributed by atoms with Crippen LogP contribution in [0.5, 0.6) is 0 Å². The monoisotopic (exact) mass is 238 g/mol. The Kier molecular flexibility index (Phi) is 5.19. The summed E-state index contributed by atoms with van der Waals surface area (Å²) in [5.74, 6) is -1.19. The van der Waals surface area contributed by atoms with Crippen LogP contribution in [0.4, 0.5) is 0 Å². The molecule has 1 unspecified atom stereocenters. The zero-order valence-corrected chi connectivity index (χ0v) is 10.0. The van der Waals surface area contributed by atoms with Gasteiger partial charge in [0.2, 0.25) is 0 Å². The first-order valence-corrected chi connectivity index (χ1v) is 6.27. The van der Waals surface area contributed by atoms with E-state index in [0.717, 1.165) is 0 Å². The molecular weight excluding hydrogens is 220 g/mol. The summed E-state index contributed by atoms with van der Waals surface area (Å²) in [6, 6.07) is 0. The summed E-state index contributed by atoms with van der Waals surface area (Å²) in [5, 5.41) is 8.87. The fourth-order valence-corrected chi connectivity index (χ4v) is 2.21. The topological polar surface area (TPSA) is 95.5 Å². The molecule has 0 rings (SSSR count). The number of carboxylic acids is 1. The molecule has 90 valence electrons. The Bertz CT molecular complexity index is 315. The average Bonchev–Trinajstić information content (AvgIpc) is 2.13. The molecule has 0 saturated heterocycles. The van der Waals surface area contributed by atoms with Crippen LogP contribution in [0.15, 0.2) is 0 Å². The normalized spacial score (nSPS) is 15.9. The molecule has 3 N–H and O–H groups in total. The van der Waals surface area contributed by atoms with E-state index in [1.165, 1.54) is 6.92 Å². The van der Waals surface area contributed by atoms with Crippen molar-refractivity contribution in [2.24, 2.45) is 0 Å². The van der Waals surface area contributed by atoms with E-state index in [4.69, 9.17) is 5.11 Å². The molecule has 1 atom stereocenters. The molecule has 0 aromatic carbocycles. The van der Waals surface area contributed by atoms with Gasteiger partial charge in [-0.05, 0) is 19.8 Å². The van der Waals surface area contributed by atoms with Gasteiger partial charge in [-0.2, -0.15) is 13.1 Å². The van der Waals surface area contributed by atoms with E-state index < -0.39 is 21.7 Å². The lowest BCUT2D eigenvalue weighted by atomic mass is 10.0. The number of carbonyl (C=O) groups is 1. The van der Waals surface area contributed by atoms with Gasteiger partial charge in [-0.25, -0.2) is 4.72 Å². The van der Waals surface area contributed by atoms with Gasteiger partial charge < -0.3 is 5.11 Å². The van der Waals surface area contributed by atoms with Gasteiger partial charge in [0.1, 0.15) is 5.54 Å². The lowest BCUT2D eigenvalue weighted by Crippen LogP contribution is -2.55. The van der Waals surface area contributed by atoms with Crippen molar-refractivity contribution in [3.63, 3.8) is 0 Å². The minimum atomic E-state index is -3.74. The van der Waals surface area contributed by atoms with E-state index in [-0.39, 0.29) is 13.0 Å². The van der Waals surface area contributed by atoms with Crippen LogP contribution in [0, 0.1) is 0 Å². The molecule has 0 bridgehead atoms. The van der Waals surface area contributed by atoms with Crippen LogP contribution in [0.2, 0.25) is 0 Å². The molecule has 0 radical (unpaired) electrons. The third-order valence-electron chi connectivity index (χ3n) is 2.08. The van der Waals surface area contributed by atoms with E-state index in [1.807, 2.05) is 6.92 Å². The highest BCUT2D eigenvalue weighted by atomic mass is 32.2. The predicted octanol–water partition coefficient (Wildman–Crippen LogP) is 0.0737. The van der Waals surface area contributed by atoms with Crippen molar-refractivity contribution in [1.82, 2.24) is 9.44 Å². The van der Waals surface area contributed by atoms with Crippen LogP contribution in [-0.4, -0.2) is 31.6 Å². The third kappa shape index (κ3) is 4.59. The summed E-state index contributed by atoms with van der Waals surface area (Å²) in [7, 11) is -3.74. The van der Waals surface area contributed by atoms with Gasteiger partial charge >= 0.3 is 5.97 Å². The van der Waals surface area contributed by atoms with Crippen molar-refractivity contribution in [3.05, 3.63) is 0 Å². The molecule has 6 nitrogen and oxygen atoms in total. The molecule has 0 saturated carbocycles. The number of carboxylic acid groups (broad SMARTS) is 1. The van der Waals surface area contributed by atoms with Gasteiger partial charge in [0, 0.05) is 6.54 Å². The Balaban J connectivity index is 4.62. The first-order chi connectivity index (χ1) is 6.77. The molecular formula is C8H18N2O4S. The molecule has 0 aromatic heterocycles. The number of nitrogens with one attached hydrogen (secondary N) is 2. The number of hydrogen-bond acceptors (Lipinski definition) is 3. The average molecular weight is 238 g/mol. The summed E-state index contributed by atoms with van der Waals surface area (Å²) in [6.45, 7) is 5.05. The minimum absolute atomic E-state index is 0.176. The maximum Gasteiger partial charge on any atom is 0.324 e. The lowest BCUT2D eigenvalue weighted by Gasteiger charge is -2.24. The highest BCUT2D eigenvalue weighted by molar-refractivity contribution is 7.87. The van der Waals surface area contributed by atoms with Crippen molar-refractivity contribution in [1.29, 1.82) is 0 Å². The highest BCUT2D eigenvalue weighted by Gasteiger charge is 2.35. The molecule has 0 spiro atoms. The molecule has 0 heterocycles. The van der Waals surface area contributed by atoms with Gasteiger partial charge in [0.05, 0.1) is 0 Å². The van der Waals surface area contributed by atoms with E-state index in [0.29, 0.717) is 6.42 Å². The zero-order chi connectivity index (χ0) is 12.1. The Morgan fingerprint density at radius 2 is 1.93 bits per heavy atom. The standard InChI is InChI=1S/C8H18N2O4S/c1-4-6-9-15(13,14)10-8(3,5-2)7(11)12/h9-10H,4-6H2,1-3H3,(H,11,12). The maximum absolute atomic E-state index is 11.4. The Morgan fingerprint density at radius 1 is 1.40 bits per heavy atom. The Hall–Kier alpha value is -0.660. The van der Waals surface area contributed by atoms with Crippen LogP contribution in [0.1, 0.15) is 33.6 Å². The summed E-state index contributed by atoms with van der Waals surface area (Å²) in [4.78, 5) is 10.8. The summed E-state index contributed by atoms with van der Waals surface area (Å²) in [5.41, 5.74) is -1.46. The van der Waals surface area contributed by atoms with Crippen LogP contribution < -0.4 is 9.44 Å². The van der Waals surface area contributed by atoms with Crippen LogP contribution >= 0.6 is 0 Å². The molecule has 0 aromatic rings. The molecule has 0 aliphatic rings. The summed E-state index contributed by atoms with van der Waals surface area (Å²) >= 11 is 0. The van der Waals surface area contributed by atoms with Crippen molar-refractivity contribution in [3.8, 4) is 0 Å². The van der Waals surface area contributed by atoms with Gasteiger partial charge in [0.15, 0.2) is 0 Å². The smallest absolute Gasteiger partial charge is 0.324 e. The largest absolute Gasteiger partial charge is 0.480 e. The Labute approximate surface area is 90.2 Å². The second kappa shape index (κ2) is 5.43. The summed E-state index contributed by atoms with van der Waals surface area (Å²) < 4.78 is 27.1. The van der Waals surface area contributed by atoms with E-state index in [2.05, 4.69) is 9.44 Å². The Morgan fingerprint density at radius 3 is 2.27 bits per heavy atom. The zero-order valence-electron chi connectivity index (χ0n) is 9.20. The molecule has 7 heteroatoms. The number of rotatable bonds is 7. The first-order valence-electron chi connectivity index (χ1n) is 4.79. The second-order valence-electron chi connectivity index (χ2n) is 3.49. The van der Waals surface area contributed by atoms with E-state index in [1.54, 1.807) is 6.92 Å². The minimum Gasteiger partial charge on any atom is -0.480 e. The highest BCUT2D eigenvalue weighted by Crippen LogP contribution is 2.10. The van der Waals surface area contributed by atoms with Crippen molar-refractivity contribution >= 4 is 16.2 Å². The fourth-order valence-electron chi connectivity index (χ4n) is 0.836. The first kappa shape index (κ1) is 14.3. The van der Waals surface area contributed by atoms with Crippen LogP contribution in [0.3, 0.4) is 0 Å². The van der Waals surface area contributed by atoms with E-state index in [9.17, 15) is 13.2 Å². The lowest BCUT2D eigenvalue weighted by molar-refractivity contribution is -0.143. The van der Waals surface area contributed by atoms with Crippen molar-refractivity contribution < 1.29 is 18.3 Å². The van der Waals surface area contributed by atoms with Crippen molar-refractivity contribution in [2.45, 2.75) is 39.2 Å². The maximum atomic E-state index is 11.4. The second-order valence-corrected chi connectivity index (χ2v) is 4.99. The van der Waals surface area contributed by atoms with Gasteiger partial charge in [-0.1, -0.05) is 13.8 Å². The number of aliphatic carboxylic acids is 1. The van der Waals surface area contributed by atoms with Crippen LogP contribution in [-0.2, 0) is 15.0 Å². The molecule has 15 heavy (non-hydrogen) atoms. The predicted molar refractivity (Wildman–Crippen MR) is 56.7 cm³/mol. The SMILES string of the molecule is CCCNS(=O)(=O)NC(C)(CC)C(=O)O. The van der Waals surface area contributed by atoms with Crippen LogP contribution in [0.25, 0.3) is 0 Å². The quantitative estimate of drug-likeness (QED) is 0.585. The fraction of sp³-hybridized carbons (Fsp3) is 0.875. The summed E-state index contributed by atoms with van der Waals surface area (Å²) in [6.07, 6.45) is 0.826. The van der Waals surface area contributed by atoms with Gasteiger partial charge in [-0.3, -0.25) is 4.79 Å². The molecule has 0 fully saturated rings. The van der Waals surface area contributed by atoms with E-state index >= 15 is 0 Å². The van der Waals surface area contributed by atoms with Crippen molar-refractivity contribution in [2.75, 3.05) is 6.54 Å². The molecule has 0 aliphatic carbocycles. The van der Waals surface area contributed by atoms with Gasteiger partial charge in [0.25, 0.3) is 10.2 Å².